The number of carbonyl (C=O) groups is 1. The van der Waals surface area contributed by atoms with E-state index < -0.39 is 0 Å². The number of hydrogen-bond donors (Lipinski definition) is 1. The fourth-order valence-electron chi connectivity index (χ4n) is 1.88. The average molecular weight is 319 g/mol. The molecule has 0 unspecified atom stereocenters. The molecule has 0 aliphatic heterocycles. The Labute approximate surface area is 133 Å². The van der Waals surface area contributed by atoms with Crippen LogP contribution in [0.15, 0.2) is 48.5 Å². The van der Waals surface area contributed by atoms with Gasteiger partial charge in [-0.05, 0) is 35.4 Å². The molecule has 0 atom stereocenters. The molecule has 0 aromatic heterocycles. The minimum absolute atomic E-state index is 0.0304. The highest BCUT2D eigenvalue weighted by Crippen LogP contribution is 2.13. The van der Waals surface area contributed by atoms with Gasteiger partial charge in [-0.2, -0.15) is 0 Å². The van der Waals surface area contributed by atoms with Gasteiger partial charge in [-0.1, -0.05) is 24.3 Å². The second-order valence-electron chi connectivity index (χ2n) is 4.75. The van der Waals surface area contributed by atoms with Crippen LogP contribution in [0.4, 0.5) is 4.39 Å². The summed E-state index contributed by atoms with van der Waals surface area (Å²) in [5.41, 5.74) is 1.90. The molecule has 0 spiro atoms. The van der Waals surface area contributed by atoms with Gasteiger partial charge in [-0.25, -0.2) is 4.39 Å². The monoisotopic (exact) mass is 319 g/mol. The van der Waals surface area contributed by atoms with Crippen molar-refractivity contribution in [1.82, 2.24) is 5.32 Å². The van der Waals surface area contributed by atoms with Crippen LogP contribution in [0.5, 0.6) is 5.75 Å². The normalized spacial score (nSPS) is 10.3. The Kier molecular flexibility index (Phi) is 6.27. The van der Waals surface area contributed by atoms with Crippen molar-refractivity contribution in [1.29, 1.82) is 0 Å². The molecular formula is C17H18FNO2S. The summed E-state index contributed by atoms with van der Waals surface area (Å²) in [6.07, 6.45) is 0. The molecule has 116 valence electrons. The number of hydrogen-bond acceptors (Lipinski definition) is 3. The Morgan fingerprint density at radius 2 is 1.95 bits per heavy atom. The van der Waals surface area contributed by atoms with E-state index >= 15 is 0 Å². The van der Waals surface area contributed by atoms with Gasteiger partial charge < -0.3 is 10.1 Å². The predicted molar refractivity (Wildman–Crippen MR) is 87.4 cm³/mol. The SMILES string of the molecule is COc1ccc(CNC(=O)CSCc2cccc(F)c2)cc1. The van der Waals surface area contributed by atoms with Crippen LogP contribution in [0.3, 0.4) is 0 Å². The smallest absolute Gasteiger partial charge is 0.230 e. The van der Waals surface area contributed by atoms with Crippen molar-refractivity contribution in [2.45, 2.75) is 12.3 Å². The number of amides is 1. The molecule has 0 aliphatic rings. The van der Waals surface area contributed by atoms with E-state index in [9.17, 15) is 9.18 Å². The van der Waals surface area contributed by atoms with Crippen LogP contribution in [0.2, 0.25) is 0 Å². The van der Waals surface area contributed by atoms with E-state index in [1.807, 2.05) is 30.3 Å². The Morgan fingerprint density at radius 1 is 1.18 bits per heavy atom. The van der Waals surface area contributed by atoms with E-state index in [1.54, 1.807) is 13.2 Å². The number of methoxy groups -OCH3 is 1. The molecule has 0 radical (unpaired) electrons. The van der Waals surface area contributed by atoms with Gasteiger partial charge in [0.25, 0.3) is 0 Å². The quantitative estimate of drug-likeness (QED) is 0.850. The molecule has 0 fully saturated rings. The van der Waals surface area contributed by atoms with Gasteiger partial charge in [-0.3, -0.25) is 4.79 Å². The molecule has 2 aromatic carbocycles. The van der Waals surface area contributed by atoms with Gasteiger partial charge >= 0.3 is 0 Å². The van der Waals surface area contributed by atoms with Crippen LogP contribution in [0, 0.1) is 5.82 Å². The first-order valence-electron chi connectivity index (χ1n) is 6.89. The van der Waals surface area contributed by atoms with E-state index in [2.05, 4.69) is 5.32 Å². The third-order valence-corrected chi connectivity index (χ3v) is 4.04. The molecule has 22 heavy (non-hydrogen) atoms. The Morgan fingerprint density at radius 3 is 2.64 bits per heavy atom. The Hall–Kier alpha value is -2.01. The lowest BCUT2D eigenvalue weighted by atomic mass is 10.2. The zero-order chi connectivity index (χ0) is 15.8. The molecular weight excluding hydrogens is 301 g/mol. The maximum atomic E-state index is 13.0. The van der Waals surface area contributed by atoms with E-state index in [0.29, 0.717) is 18.1 Å². The molecule has 2 rings (SSSR count). The van der Waals surface area contributed by atoms with Crippen LogP contribution in [-0.4, -0.2) is 18.8 Å². The fourth-order valence-corrected chi connectivity index (χ4v) is 2.69. The van der Waals surface area contributed by atoms with E-state index in [1.165, 1.54) is 23.9 Å². The minimum Gasteiger partial charge on any atom is -0.497 e. The second kappa shape index (κ2) is 8.44. The Balaban J connectivity index is 1.69. The summed E-state index contributed by atoms with van der Waals surface area (Å²) in [5, 5.41) is 2.86. The number of benzene rings is 2. The summed E-state index contributed by atoms with van der Waals surface area (Å²) in [6.45, 7) is 0.489. The standard InChI is InChI=1S/C17H18FNO2S/c1-21-16-7-5-13(6-8-16)10-19-17(20)12-22-11-14-3-2-4-15(18)9-14/h2-9H,10-12H2,1H3,(H,19,20). The number of nitrogens with one attached hydrogen (secondary N) is 1. The van der Waals surface area contributed by atoms with Crippen molar-refractivity contribution in [2.24, 2.45) is 0 Å². The predicted octanol–water partition coefficient (Wildman–Crippen LogP) is 3.38. The lowest BCUT2D eigenvalue weighted by molar-refractivity contribution is -0.118. The lowest BCUT2D eigenvalue weighted by Gasteiger charge is -2.06. The number of carbonyl (C=O) groups excluding carboxylic acids is 1. The fraction of sp³-hybridized carbons (Fsp3) is 0.235. The summed E-state index contributed by atoms with van der Waals surface area (Å²) < 4.78 is 18.1. The van der Waals surface area contributed by atoms with Crippen LogP contribution >= 0.6 is 11.8 Å². The third-order valence-electron chi connectivity index (χ3n) is 3.04. The maximum Gasteiger partial charge on any atom is 0.230 e. The minimum atomic E-state index is -0.248. The largest absolute Gasteiger partial charge is 0.497 e. The first-order chi connectivity index (χ1) is 10.7. The second-order valence-corrected chi connectivity index (χ2v) is 5.73. The first kappa shape index (κ1) is 16.4. The zero-order valence-electron chi connectivity index (χ0n) is 12.3. The summed E-state index contributed by atoms with van der Waals surface area (Å²) in [4.78, 5) is 11.8. The first-order valence-corrected chi connectivity index (χ1v) is 8.04. The van der Waals surface area contributed by atoms with Gasteiger partial charge in [-0.15, -0.1) is 11.8 Å². The van der Waals surface area contributed by atoms with Crippen molar-refractivity contribution in [2.75, 3.05) is 12.9 Å². The number of halogens is 1. The highest BCUT2D eigenvalue weighted by Gasteiger charge is 2.03. The van der Waals surface area contributed by atoms with Crippen LogP contribution in [-0.2, 0) is 17.1 Å². The summed E-state index contributed by atoms with van der Waals surface area (Å²) in [7, 11) is 1.62. The summed E-state index contributed by atoms with van der Waals surface area (Å²) in [5.74, 6) is 1.49. The van der Waals surface area contributed by atoms with Gasteiger partial charge in [0.05, 0.1) is 12.9 Å². The molecule has 2 aromatic rings. The van der Waals surface area contributed by atoms with E-state index in [-0.39, 0.29) is 11.7 Å². The molecule has 0 aliphatic carbocycles. The van der Waals surface area contributed by atoms with Gasteiger partial charge in [0.1, 0.15) is 11.6 Å². The van der Waals surface area contributed by atoms with Gasteiger partial charge in [0, 0.05) is 12.3 Å². The molecule has 0 saturated carbocycles. The van der Waals surface area contributed by atoms with Crippen LogP contribution in [0.25, 0.3) is 0 Å². The lowest BCUT2D eigenvalue weighted by Crippen LogP contribution is -2.24. The molecule has 0 bridgehead atoms. The third kappa shape index (κ3) is 5.41. The van der Waals surface area contributed by atoms with Crippen LogP contribution in [0.1, 0.15) is 11.1 Å². The molecule has 5 heteroatoms. The van der Waals surface area contributed by atoms with Crippen molar-refractivity contribution in [3.05, 3.63) is 65.5 Å². The van der Waals surface area contributed by atoms with Crippen molar-refractivity contribution >= 4 is 17.7 Å². The van der Waals surface area contributed by atoms with Crippen LogP contribution < -0.4 is 10.1 Å². The zero-order valence-corrected chi connectivity index (χ0v) is 13.2. The molecule has 1 N–H and O–H groups in total. The molecule has 1 amide bonds. The Bertz CT molecular complexity index is 616. The van der Waals surface area contributed by atoms with E-state index in [4.69, 9.17) is 4.74 Å². The maximum absolute atomic E-state index is 13.0. The number of rotatable bonds is 7. The van der Waals surface area contributed by atoms with Gasteiger partial charge in [0.2, 0.25) is 5.91 Å². The van der Waals surface area contributed by atoms with Gasteiger partial charge in [0.15, 0.2) is 0 Å². The number of thioether (sulfide) groups is 1. The number of ether oxygens (including phenoxy) is 1. The molecule has 0 saturated heterocycles. The summed E-state index contributed by atoms with van der Waals surface area (Å²) >= 11 is 1.47. The highest BCUT2D eigenvalue weighted by molar-refractivity contribution is 7.99. The van der Waals surface area contributed by atoms with Crippen molar-refractivity contribution < 1.29 is 13.9 Å². The van der Waals surface area contributed by atoms with Crippen molar-refractivity contribution in [3.8, 4) is 5.75 Å². The van der Waals surface area contributed by atoms with Crippen molar-refractivity contribution in [3.63, 3.8) is 0 Å². The highest BCUT2D eigenvalue weighted by atomic mass is 32.2. The summed E-state index contributed by atoms with van der Waals surface area (Å²) in [6, 6.07) is 14.0. The van der Waals surface area contributed by atoms with E-state index in [0.717, 1.165) is 16.9 Å². The topological polar surface area (TPSA) is 38.3 Å². The molecule has 0 heterocycles. The molecule has 3 nitrogen and oxygen atoms in total. The average Bonchev–Trinajstić information content (AvgIpc) is 2.53.